The summed E-state index contributed by atoms with van der Waals surface area (Å²) in [6.45, 7) is 3.96. The van der Waals surface area contributed by atoms with E-state index < -0.39 is 0 Å². The first-order chi connectivity index (χ1) is 11.6. The normalized spacial score (nSPS) is 14.0. The summed E-state index contributed by atoms with van der Waals surface area (Å²) in [7, 11) is 0. The number of carbonyl (C=O) groups is 2. The van der Waals surface area contributed by atoms with Crippen LogP contribution in [0.1, 0.15) is 42.5 Å². The van der Waals surface area contributed by atoms with Gasteiger partial charge in [-0.15, -0.1) is 6.58 Å². The Hall–Kier alpha value is -2.21. The van der Waals surface area contributed by atoms with Crippen LogP contribution in [0.15, 0.2) is 36.9 Å². The average Bonchev–Trinajstić information content (AvgIpc) is 3.05. The first-order valence-electron chi connectivity index (χ1n) is 8.19. The van der Waals surface area contributed by atoms with E-state index in [0.29, 0.717) is 30.1 Å². The predicted octanol–water partition coefficient (Wildman–Crippen LogP) is 3.00. The van der Waals surface area contributed by atoms with E-state index in [1.54, 1.807) is 30.3 Å². The van der Waals surface area contributed by atoms with Crippen molar-refractivity contribution < 1.29 is 9.59 Å². The molecule has 6 heteroatoms. The van der Waals surface area contributed by atoms with E-state index in [0.717, 1.165) is 12.8 Å². The van der Waals surface area contributed by atoms with Crippen LogP contribution in [0.5, 0.6) is 0 Å². The number of thiocarbonyl (C=S) groups is 1. The van der Waals surface area contributed by atoms with Crippen LogP contribution in [0.4, 0.5) is 5.69 Å². The van der Waals surface area contributed by atoms with Crippen molar-refractivity contribution in [3.05, 3.63) is 42.5 Å². The molecule has 5 nitrogen and oxygen atoms in total. The van der Waals surface area contributed by atoms with Crippen LogP contribution in [0.2, 0.25) is 0 Å². The Kier molecular flexibility index (Phi) is 6.93. The number of anilines is 1. The summed E-state index contributed by atoms with van der Waals surface area (Å²) in [6, 6.07) is 7.02. The Morgan fingerprint density at radius 1 is 1.25 bits per heavy atom. The van der Waals surface area contributed by atoms with E-state index >= 15 is 0 Å². The van der Waals surface area contributed by atoms with E-state index in [1.165, 1.54) is 12.8 Å². The first kappa shape index (κ1) is 18.1. The average molecular weight is 345 g/mol. The van der Waals surface area contributed by atoms with Crippen molar-refractivity contribution >= 4 is 34.8 Å². The molecule has 2 rings (SSSR count). The molecular weight excluding hydrogens is 322 g/mol. The molecule has 2 amide bonds. The Morgan fingerprint density at radius 2 is 1.96 bits per heavy atom. The second kappa shape index (κ2) is 9.17. The van der Waals surface area contributed by atoms with Gasteiger partial charge in [0, 0.05) is 13.0 Å². The fraction of sp³-hybridized carbons (Fsp3) is 0.389. The lowest BCUT2D eigenvalue weighted by molar-refractivity contribution is -0.120. The number of para-hydroxylation sites is 1. The van der Waals surface area contributed by atoms with E-state index in [4.69, 9.17) is 12.2 Å². The molecule has 0 unspecified atom stereocenters. The van der Waals surface area contributed by atoms with Gasteiger partial charge in [-0.25, -0.2) is 0 Å². The van der Waals surface area contributed by atoms with E-state index in [2.05, 4.69) is 22.5 Å². The van der Waals surface area contributed by atoms with Crippen molar-refractivity contribution in [3.63, 3.8) is 0 Å². The van der Waals surface area contributed by atoms with Gasteiger partial charge in [0.2, 0.25) is 5.91 Å². The highest BCUT2D eigenvalue weighted by Gasteiger charge is 2.19. The van der Waals surface area contributed by atoms with Crippen molar-refractivity contribution in [1.29, 1.82) is 0 Å². The highest BCUT2D eigenvalue weighted by Crippen LogP contribution is 2.27. The molecule has 1 aromatic rings. The molecule has 0 aliphatic heterocycles. The minimum absolute atomic E-state index is 0.0759. The van der Waals surface area contributed by atoms with Gasteiger partial charge in [0.1, 0.15) is 0 Å². The van der Waals surface area contributed by atoms with Crippen molar-refractivity contribution in [1.82, 2.24) is 10.6 Å². The molecule has 128 valence electrons. The van der Waals surface area contributed by atoms with Crippen LogP contribution in [-0.4, -0.2) is 23.5 Å². The van der Waals surface area contributed by atoms with Crippen LogP contribution in [0.3, 0.4) is 0 Å². The Balaban J connectivity index is 1.92. The second-order valence-electron chi connectivity index (χ2n) is 5.90. The van der Waals surface area contributed by atoms with Crippen molar-refractivity contribution in [2.45, 2.75) is 32.1 Å². The largest absolute Gasteiger partial charge is 0.349 e. The van der Waals surface area contributed by atoms with Crippen LogP contribution in [0, 0.1) is 5.92 Å². The van der Waals surface area contributed by atoms with E-state index in [1.807, 2.05) is 0 Å². The third kappa shape index (κ3) is 5.45. The van der Waals surface area contributed by atoms with Gasteiger partial charge in [-0.05, 0) is 43.1 Å². The molecule has 0 saturated heterocycles. The zero-order valence-electron chi connectivity index (χ0n) is 13.6. The number of benzene rings is 1. The minimum Gasteiger partial charge on any atom is -0.349 e. The first-order valence-corrected chi connectivity index (χ1v) is 8.60. The van der Waals surface area contributed by atoms with Gasteiger partial charge in [-0.2, -0.15) is 0 Å². The lowest BCUT2D eigenvalue weighted by atomic mass is 10.0. The molecule has 0 radical (unpaired) electrons. The van der Waals surface area contributed by atoms with E-state index in [-0.39, 0.29) is 16.9 Å². The Bertz CT molecular complexity index is 624. The molecule has 0 bridgehead atoms. The quantitative estimate of drug-likeness (QED) is 0.547. The zero-order chi connectivity index (χ0) is 17.4. The van der Waals surface area contributed by atoms with Gasteiger partial charge in [0.05, 0.1) is 11.3 Å². The van der Waals surface area contributed by atoms with Gasteiger partial charge in [-0.3, -0.25) is 9.59 Å². The fourth-order valence-corrected chi connectivity index (χ4v) is 3.08. The number of hydrogen-bond donors (Lipinski definition) is 3. The fourth-order valence-electron chi connectivity index (χ4n) is 2.86. The minimum atomic E-state index is -0.224. The van der Waals surface area contributed by atoms with Crippen molar-refractivity contribution in [2.75, 3.05) is 11.9 Å². The molecule has 3 N–H and O–H groups in total. The molecular formula is C18H23N3O2S. The van der Waals surface area contributed by atoms with Gasteiger partial charge in [0.25, 0.3) is 5.91 Å². The van der Waals surface area contributed by atoms with Crippen LogP contribution in [0.25, 0.3) is 0 Å². The summed E-state index contributed by atoms with van der Waals surface area (Å²) in [4.78, 5) is 24.2. The molecule has 1 aliphatic carbocycles. The molecule has 0 aromatic heterocycles. The molecule has 1 saturated carbocycles. The summed E-state index contributed by atoms with van der Waals surface area (Å²) in [5, 5.41) is 8.57. The summed E-state index contributed by atoms with van der Waals surface area (Å²) < 4.78 is 0. The van der Waals surface area contributed by atoms with Gasteiger partial charge in [0.15, 0.2) is 5.11 Å². The molecule has 0 spiro atoms. The number of hydrogen-bond acceptors (Lipinski definition) is 3. The maximum Gasteiger partial charge on any atom is 0.253 e. The van der Waals surface area contributed by atoms with Crippen LogP contribution in [-0.2, 0) is 4.79 Å². The maximum absolute atomic E-state index is 12.1. The molecule has 1 fully saturated rings. The number of nitrogens with one attached hydrogen (secondary N) is 3. The highest BCUT2D eigenvalue weighted by molar-refractivity contribution is 7.80. The third-order valence-electron chi connectivity index (χ3n) is 4.03. The lowest BCUT2D eigenvalue weighted by Crippen LogP contribution is -2.35. The monoisotopic (exact) mass is 345 g/mol. The standard InChI is InChI=1S/C18H23N3O2S/c1-2-11-19-17(23)14-9-5-6-10-15(14)20-18(24)21-16(22)12-13-7-3-4-8-13/h2,5-6,9-10,13H,1,3-4,7-8,11-12H2,(H,19,23)(H2,20,21,22,24). The van der Waals surface area contributed by atoms with Crippen molar-refractivity contribution in [3.8, 4) is 0 Å². The van der Waals surface area contributed by atoms with E-state index in [9.17, 15) is 9.59 Å². The third-order valence-corrected chi connectivity index (χ3v) is 4.23. The summed E-state index contributed by atoms with van der Waals surface area (Å²) in [5.41, 5.74) is 1.02. The molecule has 1 aliphatic rings. The number of rotatable bonds is 6. The summed E-state index contributed by atoms with van der Waals surface area (Å²) in [6.07, 6.45) is 6.74. The van der Waals surface area contributed by atoms with Gasteiger partial charge >= 0.3 is 0 Å². The molecule has 0 atom stereocenters. The smallest absolute Gasteiger partial charge is 0.253 e. The molecule has 0 heterocycles. The highest BCUT2D eigenvalue weighted by atomic mass is 32.1. The number of amides is 2. The van der Waals surface area contributed by atoms with Crippen molar-refractivity contribution in [2.24, 2.45) is 5.92 Å². The maximum atomic E-state index is 12.1. The predicted molar refractivity (Wildman–Crippen MR) is 99.9 cm³/mol. The molecule has 24 heavy (non-hydrogen) atoms. The van der Waals surface area contributed by atoms with Gasteiger partial charge < -0.3 is 16.0 Å². The Labute approximate surface area is 147 Å². The second-order valence-corrected chi connectivity index (χ2v) is 6.31. The summed E-state index contributed by atoms with van der Waals surface area (Å²) in [5.74, 6) is 0.163. The van der Waals surface area contributed by atoms with Crippen LogP contribution >= 0.6 is 12.2 Å². The SMILES string of the molecule is C=CCNC(=O)c1ccccc1NC(=S)NC(=O)CC1CCCC1. The summed E-state index contributed by atoms with van der Waals surface area (Å²) >= 11 is 5.20. The topological polar surface area (TPSA) is 70.2 Å². The van der Waals surface area contributed by atoms with Crippen LogP contribution < -0.4 is 16.0 Å². The molecule has 1 aromatic carbocycles. The lowest BCUT2D eigenvalue weighted by Gasteiger charge is -2.14. The zero-order valence-corrected chi connectivity index (χ0v) is 14.5. The van der Waals surface area contributed by atoms with Gasteiger partial charge in [-0.1, -0.05) is 31.1 Å². The Morgan fingerprint density at radius 3 is 2.67 bits per heavy atom. The number of carbonyl (C=O) groups excluding carboxylic acids is 2.